The average Bonchev–Trinajstić information content (AvgIpc) is 3.42. The lowest BCUT2D eigenvalue weighted by atomic mass is 9.98. The number of tetrazole rings is 1. The molecule has 0 aliphatic heterocycles. The lowest BCUT2D eigenvalue weighted by molar-refractivity contribution is 0.606. The number of hydrogen-bond acceptors (Lipinski definition) is 6. The quantitative estimate of drug-likeness (QED) is 0.321. The minimum Gasteiger partial charge on any atom is -0.318 e. The Bertz CT molecular complexity index is 1660. The van der Waals surface area contributed by atoms with Crippen molar-refractivity contribution in [3.8, 4) is 22.5 Å². The maximum atomic E-state index is 13.0. The van der Waals surface area contributed by atoms with Gasteiger partial charge in [0, 0.05) is 25.1 Å². The smallest absolute Gasteiger partial charge is 0.318 e. The number of aromatic amines is 2. The first-order valence-corrected chi connectivity index (χ1v) is 12.8. The van der Waals surface area contributed by atoms with Crippen LogP contribution in [0, 0.1) is 5.92 Å². The van der Waals surface area contributed by atoms with Crippen molar-refractivity contribution >= 4 is 11.2 Å². The zero-order chi connectivity index (χ0) is 25.4. The van der Waals surface area contributed by atoms with Gasteiger partial charge >= 0.3 is 5.69 Å². The Balaban J connectivity index is 1.38. The molecule has 3 aromatic heterocycles. The monoisotopic (exact) mass is 496 g/mol. The number of aromatic nitrogens is 8. The summed E-state index contributed by atoms with van der Waals surface area (Å²) in [7, 11) is 0. The molecule has 0 bridgehead atoms. The summed E-state index contributed by atoms with van der Waals surface area (Å²) in [4.78, 5) is 33.0. The maximum absolute atomic E-state index is 13.0. The highest BCUT2D eigenvalue weighted by molar-refractivity contribution is 5.80. The van der Waals surface area contributed by atoms with Crippen LogP contribution in [0.25, 0.3) is 33.7 Å². The molecule has 2 N–H and O–H groups in total. The van der Waals surface area contributed by atoms with E-state index >= 15 is 0 Å². The third-order valence-corrected chi connectivity index (χ3v) is 6.99. The van der Waals surface area contributed by atoms with Gasteiger partial charge in [0.05, 0.1) is 0 Å². The van der Waals surface area contributed by atoms with Gasteiger partial charge in [0.1, 0.15) is 5.82 Å². The fraction of sp³-hybridized carbons (Fsp3) is 0.333. The molecule has 188 valence electrons. The van der Waals surface area contributed by atoms with Gasteiger partial charge in [-0.3, -0.25) is 14.3 Å². The van der Waals surface area contributed by atoms with Gasteiger partial charge in [-0.2, -0.15) is 0 Å². The second kappa shape index (κ2) is 9.61. The van der Waals surface area contributed by atoms with E-state index in [2.05, 4.69) is 56.8 Å². The first kappa shape index (κ1) is 23.1. The number of nitrogens with one attached hydrogen (secondary N) is 2. The largest absolute Gasteiger partial charge is 0.330 e. The van der Waals surface area contributed by atoms with Gasteiger partial charge in [-0.15, -0.1) is 5.10 Å². The lowest BCUT2D eigenvalue weighted by Gasteiger charge is -2.11. The standard InChI is InChI=1S/C27H28N8O2/c1-2-3-8-22-28-25-23(26(36)29-27(37)35(25)16-17-9-10-17)34(22)15-18-11-13-19(14-12-18)20-6-4-5-7-21(20)24-30-32-33-31-24/h4-7,11-14,17H,2-3,8-10,15-16H2,1H3,(H,29,36,37)(H,30,31,32,33). The van der Waals surface area contributed by atoms with E-state index in [-0.39, 0.29) is 11.2 Å². The molecule has 0 atom stereocenters. The van der Waals surface area contributed by atoms with Crippen LogP contribution in [0.15, 0.2) is 58.1 Å². The molecule has 2 aromatic carbocycles. The fourth-order valence-electron chi connectivity index (χ4n) is 4.83. The van der Waals surface area contributed by atoms with Crippen molar-refractivity contribution in [3.63, 3.8) is 0 Å². The summed E-state index contributed by atoms with van der Waals surface area (Å²) in [6, 6.07) is 16.2. The number of nitrogens with zero attached hydrogens (tertiary/aromatic N) is 6. The van der Waals surface area contributed by atoms with Crippen LogP contribution in [0.1, 0.15) is 44.0 Å². The molecule has 0 amide bonds. The zero-order valence-corrected chi connectivity index (χ0v) is 20.6. The van der Waals surface area contributed by atoms with Gasteiger partial charge in [-0.1, -0.05) is 61.9 Å². The predicted molar refractivity (Wildman–Crippen MR) is 140 cm³/mol. The number of benzene rings is 2. The highest BCUT2D eigenvalue weighted by Crippen LogP contribution is 2.31. The summed E-state index contributed by atoms with van der Waals surface area (Å²) < 4.78 is 3.63. The van der Waals surface area contributed by atoms with Gasteiger partial charge in [-0.25, -0.2) is 14.9 Å². The minimum absolute atomic E-state index is 0.374. The number of hydrogen-bond donors (Lipinski definition) is 2. The minimum atomic E-state index is -0.381. The molecule has 37 heavy (non-hydrogen) atoms. The van der Waals surface area contributed by atoms with E-state index < -0.39 is 0 Å². The molecule has 1 aliphatic rings. The van der Waals surface area contributed by atoms with Crippen LogP contribution >= 0.6 is 0 Å². The third kappa shape index (κ3) is 4.50. The number of fused-ring (bicyclic) bond motifs is 1. The molecule has 1 saturated carbocycles. The van der Waals surface area contributed by atoms with Crippen molar-refractivity contribution in [1.29, 1.82) is 0 Å². The van der Waals surface area contributed by atoms with E-state index in [0.717, 1.165) is 60.2 Å². The SMILES string of the molecule is CCCCc1nc2c(c(=O)[nH]c(=O)n2CC2CC2)n1Cc1ccc(-c2ccccc2-c2nnn[nH]2)cc1. The van der Waals surface area contributed by atoms with Crippen molar-refractivity contribution in [2.24, 2.45) is 5.92 Å². The number of rotatable bonds is 9. The van der Waals surface area contributed by atoms with Crippen LogP contribution in [0.4, 0.5) is 0 Å². The molecular formula is C27H28N8O2. The van der Waals surface area contributed by atoms with Gasteiger partial charge in [-0.05, 0) is 52.3 Å². The van der Waals surface area contributed by atoms with Crippen molar-refractivity contribution < 1.29 is 0 Å². The predicted octanol–water partition coefficient (Wildman–Crippen LogP) is 3.53. The molecular weight excluding hydrogens is 468 g/mol. The summed E-state index contributed by atoms with van der Waals surface area (Å²) in [6.45, 7) is 3.23. The summed E-state index contributed by atoms with van der Waals surface area (Å²) >= 11 is 0. The van der Waals surface area contributed by atoms with E-state index in [9.17, 15) is 9.59 Å². The van der Waals surface area contributed by atoms with E-state index in [1.807, 2.05) is 28.8 Å². The molecule has 10 nitrogen and oxygen atoms in total. The normalized spacial score (nSPS) is 13.4. The Morgan fingerprint density at radius 1 is 1.00 bits per heavy atom. The molecule has 0 unspecified atom stereocenters. The van der Waals surface area contributed by atoms with Crippen molar-refractivity contribution in [3.05, 3.63) is 80.8 Å². The van der Waals surface area contributed by atoms with Crippen LogP contribution in [-0.4, -0.2) is 39.7 Å². The van der Waals surface area contributed by atoms with Crippen LogP contribution in [0.3, 0.4) is 0 Å². The second-order valence-corrected chi connectivity index (χ2v) is 9.70. The Kier molecular flexibility index (Phi) is 5.99. The topological polar surface area (TPSA) is 127 Å². The zero-order valence-electron chi connectivity index (χ0n) is 20.6. The summed E-state index contributed by atoms with van der Waals surface area (Å²) in [5, 5.41) is 14.3. The molecule has 1 fully saturated rings. The highest BCUT2D eigenvalue weighted by Gasteiger charge is 2.25. The van der Waals surface area contributed by atoms with Crippen LogP contribution in [0.5, 0.6) is 0 Å². The van der Waals surface area contributed by atoms with Crippen LogP contribution in [-0.2, 0) is 19.5 Å². The highest BCUT2D eigenvalue weighted by atomic mass is 16.2. The van der Waals surface area contributed by atoms with Crippen molar-refractivity contribution in [2.75, 3.05) is 0 Å². The fourth-order valence-corrected chi connectivity index (χ4v) is 4.83. The maximum Gasteiger partial charge on any atom is 0.330 e. The van der Waals surface area contributed by atoms with Gasteiger partial charge in [0.15, 0.2) is 17.0 Å². The van der Waals surface area contributed by atoms with Gasteiger partial charge in [0.25, 0.3) is 5.56 Å². The Morgan fingerprint density at radius 2 is 1.78 bits per heavy atom. The first-order chi connectivity index (χ1) is 18.1. The molecule has 5 aromatic rings. The number of unbranched alkanes of at least 4 members (excludes halogenated alkanes) is 1. The molecule has 0 saturated heterocycles. The Morgan fingerprint density at radius 3 is 2.49 bits per heavy atom. The van der Waals surface area contributed by atoms with Crippen LogP contribution < -0.4 is 11.2 Å². The third-order valence-electron chi connectivity index (χ3n) is 6.99. The van der Waals surface area contributed by atoms with E-state index in [4.69, 9.17) is 4.98 Å². The van der Waals surface area contributed by atoms with E-state index in [1.54, 1.807) is 4.57 Å². The number of H-pyrrole nitrogens is 2. The van der Waals surface area contributed by atoms with Crippen LogP contribution in [0.2, 0.25) is 0 Å². The average molecular weight is 497 g/mol. The van der Waals surface area contributed by atoms with Gasteiger partial charge < -0.3 is 4.57 Å². The number of imidazole rings is 1. The molecule has 0 radical (unpaired) electrons. The Hall–Kier alpha value is -4.34. The first-order valence-electron chi connectivity index (χ1n) is 12.8. The Labute approximate surface area is 212 Å². The van der Waals surface area contributed by atoms with Gasteiger partial charge in [0.2, 0.25) is 0 Å². The second-order valence-electron chi connectivity index (χ2n) is 9.70. The summed E-state index contributed by atoms with van der Waals surface area (Å²) in [5.74, 6) is 1.94. The molecule has 6 rings (SSSR count). The lowest BCUT2D eigenvalue weighted by Crippen LogP contribution is -2.31. The molecule has 1 aliphatic carbocycles. The summed E-state index contributed by atoms with van der Waals surface area (Å²) in [5.41, 5.74) is 4.23. The van der Waals surface area contributed by atoms with Crippen molar-refractivity contribution in [2.45, 2.75) is 52.1 Å². The molecule has 10 heteroatoms. The van der Waals surface area contributed by atoms with E-state index in [1.165, 1.54) is 0 Å². The number of aryl methyl sites for hydroxylation is 1. The molecule has 3 heterocycles. The van der Waals surface area contributed by atoms with E-state index in [0.29, 0.717) is 36.0 Å². The van der Waals surface area contributed by atoms with Crippen molar-refractivity contribution in [1.82, 2.24) is 39.7 Å². The summed E-state index contributed by atoms with van der Waals surface area (Å²) in [6.07, 6.45) is 4.94. The molecule has 0 spiro atoms.